The standard InChI is InChI=1S/C22H20N4O3S/c1-14-7-8-16(13-20(14)26-30(2,28)29)22(27)23-17-11-9-15(10-12-17)21-24-18-5-3-4-6-19(18)25-21/h3-13,26H,1-2H3,(H,23,27)(H,24,25). The minimum Gasteiger partial charge on any atom is -0.338 e. The van der Waals surface area contributed by atoms with Crippen LogP contribution in [0.2, 0.25) is 0 Å². The summed E-state index contributed by atoms with van der Waals surface area (Å²) in [5.41, 5.74) is 4.84. The molecule has 0 fully saturated rings. The molecule has 0 saturated carbocycles. The number of anilines is 2. The number of H-pyrrole nitrogens is 1. The van der Waals surface area contributed by atoms with Crippen LogP contribution in [0.4, 0.5) is 11.4 Å². The topological polar surface area (TPSA) is 104 Å². The molecule has 0 bridgehead atoms. The number of hydrogen-bond acceptors (Lipinski definition) is 4. The number of nitrogens with zero attached hydrogens (tertiary/aromatic N) is 1. The Balaban J connectivity index is 1.52. The molecule has 0 aliphatic heterocycles. The molecule has 0 saturated heterocycles. The SMILES string of the molecule is Cc1ccc(C(=O)Nc2ccc(-c3nc4ccccc4[nH]3)cc2)cc1NS(C)(=O)=O. The van der Waals surface area contributed by atoms with Gasteiger partial charge < -0.3 is 10.3 Å². The fourth-order valence-corrected chi connectivity index (χ4v) is 3.70. The predicted molar refractivity (Wildman–Crippen MR) is 119 cm³/mol. The number of hydrogen-bond donors (Lipinski definition) is 3. The van der Waals surface area contributed by atoms with Crippen molar-refractivity contribution in [3.8, 4) is 11.4 Å². The van der Waals surface area contributed by atoms with Crippen molar-refractivity contribution in [2.24, 2.45) is 0 Å². The van der Waals surface area contributed by atoms with Crippen LogP contribution in [0, 0.1) is 6.92 Å². The van der Waals surface area contributed by atoms with Gasteiger partial charge in [0, 0.05) is 16.8 Å². The van der Waals surface area contributed by atoms with E-state index in [1.165, 1.54) is 6.07 Å². The number of carbonyl (C=O) groups excluding carboxylic acids is 1. The van der Waals surface area contributed by atoms with Gasteiger partial charge in [-0.05, 0) is 61.0 Å². The molecule has 0 unspecified atom stereocenters. The molecule has 0 aliphatic carbocycles. The van der Waals surface area contributed by atoms with Gasteiger partial charge in [-0.25, -0.2) is 13.4 Å². The van der Waals surface area contributed by atoms with E-state index in [4.69, 9.17) is 0 Å². The largest absolute Gasteiger partial charge is 0.338 e. The monoisotopic (exact) mass is 420 g/mol. The average molecular weight is 420 g/mol. The van der Waals surface area contributed by atoms with E-state index < -0.39 is 10.0 Å². The van der Waals surface area contributed by atoms with Crippen molar-refractivity contribution in [2.45, 2.75) is 6.92 Å². The van der Waals surface area contributed by atoms with E-state index >= 15 is 0 Å². The fourth-order valence-electron chi connectivity index (χ4n) is 3.08. The quantitative estimate of drug-likeness (QED) is 0.451. The number of benzene rings is 3. The molecule has 0 spiro atoms. The maximum Gasteiger partial charge on any atom is 0.255 e. The van der Waals surface area contributed by atoms with Crippen LogP contribution >= 0.6 is 0 Å². The number of rotatable bonds is 5. The van der Waals surface area contributed by atoms with Crippen LogP contribution in [0.15, 0.2) is 66.7 Å². The molecule has 3 N–H and O–H groups in total. The second-order valence-corrected chi connectivity index (χ2v) is 8.79. The summed E-state index contributed by atoms with van der Waals surface area (Å²) in [4.78, 5) is 20.5. The van der Waals surface area contributed by atoms with Gasteiger partial charge in [0.05, 0.1) is 23.0 Å². The van der Waals surface area contributed by atoms with Crippen LogP contribution < -0.4 is 10.0 Å². The molecule has 0 atom stereocenters. The number of aromatic amines is 1. The van der Waals surface area contributed by atoms with E-state index in [-0.39, 0.29) is 5.91 Å². The highest BCUT2D eigenvalue weighted by atomic mass is 32.2. The van der Waals surface area contributed by atoms with Gasteiger partial charge in [0.2, 0.25) is 10.0 Å². The molecule has 3 aromatic carbocycles. The maximum absolute atomic E-state index is 12.6. The molecule has 1 amide bonds. The first-order chi connectivity index (χ1) is 14.3. The lowest BCUT2D eigenvalue weighted by Crippen LogP contribution is -2.14. The molecule has 8 heteroatoms. The van der Waals surface area contributed by atoms with Gasteiger partial charge in [0.25, 0.3) is 5.91 Å². The zero-order valence-corrected chi connectivity index (χ0v) is 17.2. The first kappa shape index (κ1) is 19.7. The molecule has 4 aromatic rings. The Morgan fingerprint density at radius 2 is 1.73 bits per heavy atom. The summed E-state index contributed by atoms with van der Waals surface area (Å²) < 4.78 is 25.5. The van der Waals surface area contributed by atoms with E-state index in [2.05, 4.69) is 20.0 Å². The Hall–Kier alpha value is -3.65. The van der Waals surface area contributed by atoms with E-state index in [1.807, 2.05) is 36.4 Å². The van der Waals surface area contributed by atoms with Gasteiger partial charge in [0.1, 0.15) is 5.82 Å². The van der Waals surface area contributed by atoms with Crippen LogP contribution in [0.25, 0.3) is 22.4 Å². The highest BCUT2D eigenvalue weighted by Crippen LogP contribution is 2.23. The molecule has 7 nitrogen and oxygen atoms in total. The van der Waals surface area contributed by atoms with Gasteiger partial charge in [-0.15, -0.1) is 0 Å². The van der Waals surface area contributed by atoms with Crippen molar-refractivity contribution < 1.29 is 13.2 Å². The molecule has 1 heterocycles. The first-order valence-electron chi connectivity index (χ1n) is 9.23. The minimum absolute atomic E-state index is 0.331. The van der Waals surface area contributed by atoms with Crippen LogP contribution in [-0.2, 0) is 10.0 Å². The van der Waals surface area contributed by atoms with Crippen molar-refractivity contribution in [2.75, 3.05) is 16.3 Å². The second-order valence-electron chi connectivity index (χ2n) is 7.04. The molecular formula is C22H20N4O3S. The van der Waals surface area contributed by atoms with Crippen LogP contribution in [-0.4, -0.2) is 30.5 Å². The first-order valence-corrected chi connectivity index (χ1v) is 11.1. The molecule has 4 rings (SSSR count). The van der Waals surface area contributed by atoms with Crippen molar-refractivity contribution in [3.05, 3.63) is 77.9 Å². The average Bonchev–Trinajstić information content (AvgIpc) is 3.13. The molecular weight excluding hydrogens is 400 g/mol. The number of sulfonamides is 1. The van der Waals surface area contributed by atoms with Crippen LogP contribution in [0.3, 0.4) is 0 Å². The van der Waals surface area contributed by atoms with Gasteiger partial charge in [0.15, 0.2) is 0 Å². The number of aryl methyl sites for hydroxylation is 1. The zero-order chi connectivity index (χ0) is 21.3. The van der Waals surface area contributed by atoms with Gasteiger partial charge in [-0.1, -0.05) is 18.2 Å². The Morgan fingerprint density at radius 3 is 2.43 bits per heavy atom. The minimum atomic E-state index is -3.43. The van der Waals surface area contributed by atoms with E-state index in [0.29, 0.717) is 16.9 Å². The number of imidazole rings is 1. The summed E-state index contributed by atoms with van der Waals surface area (Å²) in [6.45, 7) is 1.77. The summed E-state index contributed by atoms with van der Waals surface area (Å²) in [5.74, 6) is 0.423. The normalized spacial score (nSPS) is 11.4. The Bertz CT molecular complexity index is 1310. The predicted octanol–water partition coefficient (Wildman–Crippen LogP) is 4.16. The van der Waals surface area contributed by atoms with Crippen LogP contribution in [0.5, 0.6) is 0 Å². The molecule has 30 heavy (non-hydrogen) atoms. The molecule has 152 valence electrons. The number of amides is 1. The van der Waals surface area contributed by atoms with Crippen molar-refractivity contribution in [3.63, 3.8) is 0 Å². The zero-order valence-electron chi connectivity index (χ0n) is 16.4. The fraction of sp³-hybridized carbons (Fsp3) is 0.0909. The lowest BCUT2D eigenvalue weighted by molar-refractivity contribution is 0.102. The van der Waals surface area contributed by atoms with Crippen LogP contribution in [0.1, 0.15) is 15.9 Å². The van der Waals surface area contributed by atoms with Gasteiger partial charge >= 0.3 is 0 Å². The number of nitrogens with one attached hydrogen (secondary N) is 3. The third-order valence-corrected chi connectivity index (χ3v) is 5.19. The van der Waals surface area contributed by atoms with Crippen molar-refractivity contribution >= 4 is 38.3 Å². The highest BCUT2D eigenvalue weighted by Gasteiger charge is 2.12. The third kappa shape index (κ3) is 4.33. The third-order valence-electron chi connectivity index (χ3n) is 4.60. The number of para-hydroxylation sites is 2. The lowest BCUT2D eigenvalue weighted by Gasteiger charge is -2.11. The lowest BCUT2D eigenvalue weighted by atomic mass is 10.1. The summed E-state index contributed by atoms with van der Waals surface area (Å²) in [7, 11) is -3.43. The number of fused-ring (bicyclic) bond motifs is 1. The summed E-state index contributed by atoms with van der Waals surface area (Å²) in [5, 5.41) is 2.83. The number of carbonyl (C=O) groups is 1. The molecule has 0 aliphatic rings. The Kier molecular flexibility index (Phi) is 5.01. The molecule has 0 radical (unpaired) electrons. The number of aromatic nitrogens is 2. The maximum atomic E-state index is 12.6. The van der Waals surface area contributed by atoms with E-state index in [1.54, 1.807) is 31.2 Å². The smallest absolute Gasteiger partial charge is 0.255 e. The Morgan fingerprint density at radius 1 is 1.00 bits per heavy atom. The van der Waals surface area contributed by atoms with Gasteiger partial charge in [-0.2, -0.15) is 0 Å². The van der Waals surface area contributed by atoms with Crippen molar-refractivity contribution in [1.82, 2.24) is 9.97 Å². The summed E-state index contributed by atoms with van der Waals surface area (Å²) in [6, 6.07) is 20.0. The molecule has 1 aromatic heterocycles. The van der Waals surface area contributed by atoms with E-state index in [9.17, 15) is 13.2 Å². The van der Waals surface area contributed by atoms with E-state index in [0.717, 1.165) is 34.2 Å². The van der Waals surface area contributed by atoms with Gasteiger partial charge in [-0.3, -0.25) is 9.52 Å². The summed E-state index contributed by atoms with van der Waals surface area (Å²) in [6.07, 6.45) is 1.07. The highest BCUT2D eigenvalue weighted by molar-refractivity contribution is 7.92. The van der Waals surface area contributed by atoms with Crippen molar-refractivity contribution in [1.29, 1.82) is 0 Å². The Labute approximate surface area is 174 Å². The second kappa shape index (κ2) is 7.64. The summed E-state index contributed by atoms with van der Waals surface area (Å²) >= 11 is 0.